The molecular weight excluding hydrogens is 202 g/mol. The van der Waals surface area contributed by atoms with E-state index in [1.54, 1.807) is 0 Å². The van der Waals surface area contributed by atoms with Crippen LogP contribution in [0.5, 0.6) is 0 Å². The Hall–Kier alpha value is -0.930. The summed E-state index contributed by atoms with van der Waals surface area (Å²) in [5, 5.41) is 9.72. The van der Waals surface area contributed by atoms with Gasteiger partial charge in [-0.15, -0.1) is 0 Å². The largest absolute Gasteiger partial charge is 0.396 e. The molecule has 0 spiro atoms. The van der Waals surface area contributed by atoms with Crippen LogP contribution in [0.1, 0.15) is 25.0 Å². The minimum absolute atomic E-state index is 0.0265. The molecule has 1 saturated carbocycles. The predicted molar refractivity (Wildman–Crippen MR) is 60.1 cm³/mol. The molecule has 0 radical (unpaired) electrons. The fourth-order valence-electron chi connectivity index (χ4n) is 3.07. The standard InChI is InChI=1S/C13H17NO2/c15-8-12(5-3-6-12)13(9-16-10-13)11-4-1-2-7-14-11/h1-2,4,7,15H,3,5-6,8-10H2. The lowest BCUT2D eigenvalue weighted by atomic mass is 9.51. The number of rotatable bonds is 3. The lowest BCUT2D eigenvalue weighted by Gasteiger charge is -2.58. The monoisotopic (exact) mass is 219 g/mol. The van der Waals surface area contributed by atoms with Gasteiger partial charge in [-0.05, 0) is 25.0 Å². The van der Waals surface area contributed by atoms with Gasteiger partial charge >= 0.3 is 0 Å². The number of aromatic nitrogens is 1. The third-order valence-electron chi connectivity index (χ3n) is 4.48. The smallest absolute Gasteiger partial charge is 0.0670 e. The van der Waals surface area contributed by atoms with Gasteiger partial charge in [0.25, 0.3) is 0 Å². The molecule has 1 saturated heterocycles. The molecule has 2 fully saturated rings. The first-order chi connectivity index (χ1) is 7.83. The second-order valence-corrected chi connectivity index (χ2v) is 5.08. The molecule has 1 aromatic heterocycles. The summed E-state index contributed by atoms with van der Waals surface area (Å²) in [4.78, 5) is 4.48. The van der Waals surface area contributed by atoms with Crippen LogP contribution >= 0.6 is 0 Å². The molecule has 16 heavy (non-hydrogen) atoms. The van der Waals surface area contributed by atoms with Gasteiger partial charge in [0.05, 0.1) is 24.3 Å². The van der Waals surface area contributed by atoms with Crippen molar-refractivity contribution in [3.63, 3.8) is 0 Å². The van der Waals surface area contributed by atoms with Gasteiger partial charge in [-0.1, -0.05) is 12.5 Å². The van der Waals surface area contributed by atoms with E-state index in [0.29, 0.717) is 13.2 Å². The van der Waals surface area contributed by atoms with Gasteiger partial charge in [0.2, 0.25) is 0 Å². The van der Waals surface area contributed by atoms with Gasteiger partial charge in [-0.3, -0.25) is 4.98 Å². The molecule has 0 amide bonds. The van der Waals surface area contributed by atoms with Crippen LogP contribution in [-0.4, -0.2) is 29.9 Å². The minimum atomic E-state index is -0.0265. The van der Waals surface area contributed by atoms with E-state index in [2.05, 4.69) is 11.1 Å². The van der Waals surface area contributed by atoms with Crippen molar-refractivity contribution in [3.05, 3.63) is 30.1 Å². The maximum absolute atomic E-state index is 9.72. The van der Waals surface area contributed by atoms with Crippen LogP contribution in [0.15, 0.2) is 24.4 Å². The highest BCUT2D eigenvalue weighted by molar-refractivity contribution is 5.27. The highest BCUT2D eigenvalue weighted by Gasteiger charge is 2.60. The lowest BCUT2D eigenvalue weighted by Crippen LogP contribution is -2.63. The van der Waals surface area contributed by atoms with E-state index >= 15 is 0 Å². The number of ether oxygens (including phenoxy) is 1. The van der Waals surface area contributed by atoms with Crippen LogP contribution in [-0.2, 0) is 10.2 Å². The van der Waals surface area contributed by atoms with Crippen molar-refractivity contribution < 1.29 is 9.84 Å². The van der Waals surface area contributed by atoms with E-state index in [1.165, 1.54) is 6.42 Å². The summed E-state index contributed by atoms with van der Waals surface area (Å²) in [6.07, 6.45) is 5.25. The molecule has 1 N–H and O–H groups in total. The average Bonchev–Trinajstić information content (AvgIpc) is 2.22. The van der Waals surface area contributed by atoms with Crippen molar-refractivity contribution in [1.82, 2.24) is 4.98 Å². The van der Waals surface area contributed by atoms with Crippen LogP contribution in [0.25, 0.3) is 0 Å². The Morgan fingerprint density at radius 2 is 2.12 bits per heavy atom. The summed E-state index contributed by atoms with van der Waals surface area (Å²) in [5.41, 5.74) is 1.09. The molecule has 1 aromatic rings. The van der Waals surface area contributed by atoms with Crippen molar-refractivity contribution in [2.24, 2.45) is 5.41 Å². The topological polar surface area (TPSA) is 42.4 Å². The number of aliphatic hydroxyl groups is 1. The maximum atomic E-state index is 9.72. The molecule has 2 heterocycles. The molecule has 0 atom stereocenters. The van der Waals surface area contributed by atoms with Crippen molar-refractivity contribution in [2.75, 3.05) is 19.8 Å². The van der Waals surface area contributed by atoms with Crippen molar-refractivity contribution in [1.29, 1.82) is 0 Å². The van der Waals surface area contributed by atoms with Crippen LogP contribution in [0.4, 0.5) is 0 Å². The number of pyridine rings is 1. The third kappa shape index (κ3) is 1.13. The summed E-state index contributed by atoms with van der Waals surface area (Å²) in [7, 11) is 0. The van der Waals surface area contributed by atoms with E-state index in [1.807, 2.05) is 18.3 Å². The highest BCUT2D eigenvalue weighted by Crippen LogP contribution is 2.57. The quantitative estimate of drug-likeness (QED) is 0.838. The van der Waals surface area contributed by atoms with Crippen LogP contribution in [0.2, 0.25) is 0 Å². The first kappa shape index (κ1) is 10.2. The van der Waals surface area contributed by atoms with E-state index in [-0.39, 0.29) is 17.4 Å². The van der Waals surface area contributed by atoms with Gasteiger partial charge in [-0.25, -0.2) is 0 Å². The number of nitrogens with zero attached hydrogens (tertiary/aromatic N) is 1. The molecule has 3 heteroatoms. The summed E-state index contributed by atoms with van der Waals surface area (Å²) in [6, 6.07) is 6.02. The Labute approximate surface area is 95.5 Å². The Morgan fingerprint density at radius 1 is 1.31 bits per heavy atom. The maximum Gasteiger partial charge on any atom is 0.0670 e. The summed E-state index contributed by atoms with van der Waals surface area (Å²) in [6.45, 7) is 1.68. The number of hydrogen-bond donors (Lipinski definition) is 1. The van der Waals surface area contributed by atoms with E-state index in [9.17, 15) is 5.11 Å². The number of aliphatic hydroxyl groups excluding tert-OH is 1. The summed E-state index contributed by atoms with van der Waals surface area (Å²) >= 11 is 0. The second kappa shape index (κ2) is 3.54. The van der Waals surface area contributed by atoms with E-state index in [0.717, 1.165) is 18.5 Å². The third-order valence-corrected chi connectivity index (χ3v) is 4.48. The zero-order valence-corrected chi connectivity index (χ0v) is 9.35. The normalized spacial score (nSPS) is 25.6. The van der Waals surface area contributed by atoms with Gasteiger partial charge in [0, 0.05) is 18.2 Å². The van der Waals surface area contributed by atoms with Gasteiger partial charge < -0.3 is 9.84 Å². The zero-order valence-electron chi connectivity index (χ0n) is 9.35. The van der Waals surface area contributed by atoms with Gasteiger partial charge in [-0.2, -0.15) is 0 Å². The molecular formula is C13H17NO2. The predicted octanol–water partition coefficient (Wildman–Crippen LogP) is 1.51. The lowest BCUT2D eigenvalue weighted by molar-refractivity contribution is -0.175. The molecule has 86 valence electrons. The molecule has 0 bridgehead atoms. The first-order valence-electron chi connectivity index (χ1n) is 5.93. The minimum Gasteiger partial charge on any atom is -0.396 e. The van der Waals surface area contributed by atoms with Crippen molar-refractivity contribution in [3.8, 4) is 0 Å². The van der Waals surface area contributed by atoms with Crippen molar-refractivity contribution >= 4 is 0 Å². The molecule has 0 unspecified atom stereocenters. The van der Waals surface area contributed by atoms with Gasteiger partial charge in [0.15, 0.2) is 0 Å². The fourth-order valence-corrected chi connectivity index (χ4v) is 3.07. The zero-order chi connectivity index (χ0) is 11.1. The number of hydrogen-bond acceptors (Lipinski definition) is 3. The van der Waals surface area contributed by atoms with Crippen molar-refractivity contribution in [2.45, 2.75) is 24.7 Å². The van der Waals surface area contributed by atoms with E-state index in [4.69, 9.17) is 4.74 Å². The average molecular weight is 219 g/mol. The van der Waals surface area contributed by atoms with Crippen LogP contribution in [0.3, 0.4) is 0 Å². The highest BCUT2D eigenvalue weighted by atomic mass is 16.5. The summed E-state index contributed by atoms with van der Waals surface area (Å²) in [5.74, 6) is 0. The van der Waals surface area contributed by atoms with E-state index < -0.39 is 0 Å². The Bertz CT molecular complexity index is 363. The van der Waals surface area contributed by atoms with Crippen LogP contribution < -0.4 is 0 Å². The Balaban J connectivity index is 2.00. The van der Waals surface area contributed by atoms with Crippen LogP contribution in [0, 0.1) is 5.41 Å². The van der Waals surface area contributed by atoms with Gasteiger partial charge in [0.1, 0.15) is 0 Å². The Kier molecular flexibility index (Phi) is 2.26. The molecule has 1 aliphatic heterocycles. The SMILES string of the molecule is OCC1(C2(c3ccccn3)COC2)CCC1. The second-order valence-electron chi connectivity index (χ2n) is 5.08. The molecule has 0 aromatic carbocycles. The first-order valence-corrected chi connectivity index (χ1v) is 5.93. The molecule has 1 aliphatic carbocycles. The molecule has 3 nitrogen and oxygen atoms in total. The Morgan fingerprint density at radius 3 is 2.50 bits per heavy atom. The molecule has 3 rings (SSSR count). The summed E-state index contributed by atoms with van der Waals surface area (Å²) < 4.78 is 5.43. The molecule has 2 aliphatic rings. The fraction of sp³-hybridized carbons (Fsp3) is 0.615.